The van der Waals surface area contributed by atoms with Crippen molar-refractivity contribution in [1.29, 1.82) is 0 Å². The van der Waals surface area contributed by atoms with Crippen LogP contribution in [0.4, 0.5) is 0 Å². The summed E-state index contributed by atoms with van der Waals surface area (Å²) in [5.74, 6) is -0.992. The van der Waals surface area contributed by atoms with Gasteiger partial charge < -0.3 is 15.6 Å². The van der Waals surface area contributed by atoms with Crippen LogP contribution < -0.4 is 5.73 Å². The number of hydrogen-bond acceptors (Lipinski definition) is 3. The van der Waals surface area contributed by atoms with Gasteiger partial charge in [0.05, 0.1) is 6.61 Å². The van der Waals surface area contributed by atoms with Gasteiger partial charge in [-0.25, -0.2) is 0 Å². The number of carboxylic acids is 1. The van der Waals surface area contributed by atoms with Crippen LogP contribution in [0.2, 0.25) is 0 Å². The molecular formula is C8H15NO3. The van der Waals surface area contributed by atoms with Gasteiger partial charge in [-0.2, -0.15) is 0 Å². The number of ether oxygens (including phenoxy) is 1. The van der Waals surface area contributed by atoms with E-state index in [1.54, 1.807) is 0 Å². The molecular weight excluding hydrogens is 158 g/mol. The van der Waals surface area contributed by atoms with Gasteiger partial charge in [-0.05, 0) is 13.3 Å². The lowest BCUT2D eigenvalue weighted by Crippen LogP contribution is -2.31. The third kappa shape index (κ3) is 5.88. The molecule has 4 nitrogen and oxygen atoms in total. The van der Waals surface area contributed by atoms with Gasteiger partial charge in [0.1, 0.15) is 6.04 Å². The van der Waals surface area contributed by atoms with Gasteiger partial charge >= 0.3 is 5.97 Å². The van der Waals surface area contributed by atoms with Gasteiger partial charge in [0, 0.05) is 6.61 Å². The number of aliphatic carboxylic acids is 1. The average Bonchev–Trinajstić information content (AvgIpc) is 1.97. The van der Waals surface area contributed by atoms with Crippen molar-refractivity contribution in [2.45, 2.75) is 19.4 Å². The molecule has 0 bridgehead atoms. The monoisotopic (exact) mass is 173 g/mol. The second kappa shape index (κ2) is 5.74. The molecule has 12 heavy (non-hydrogen) atoms. The quantitative estimate of drug-likeness (QED) is 0.450. The molecule has 0 aromatic carbocycles. The molecule has 0 fully saturated rings. The van der Waals surface area contributed by atoms with Crippen LogP contribution in [-0.2, 0) is 9.53 Å². The van der Waals surface area contributed by atoms with E-state index in [1.165, 1.54) is 0 Å². The predicted molar refractivity (Wildman–Crippen MR) is 45.9 cm³/mol. The van der Waals surface area contributed by atoms with E-state index in [9.17, 15) is 4.79 Å². The summed E-state index contributed by atoms with van der Waals surface area (Å²) in [6.45, 7) is 6.30. The van der Waals surface area contributed by atoms with Crippen LogP contribution in [-0.4, -0.2) is 30.3 Å². The third-order valence-corrected chi connectivity index (χ3v) is 1.24. The van der Waals surface area contributed by atoms with Crippen molar-refractivity contribution < 1.29 is 14.6 Å². The summed E-state index contributed by atoms with van der Waals surface area (Å²) in [5.41, 5.74) is 6.15. The summed E-state index contributed by atoms with van der Waals surface area (Å²) in [6.07, 6.45) is 0.336. The normalized spacial score (nSPS) is 12.5. The molecule has 0 rings (SSSR count). The molecule has 0 aliphatic rings. The number of nitrogens with two attached hydrogens (primary N) is 1. The minimum Gasteiger partial charge on any atom is -0.480 e. The highest BCUT2D eigenvalue weighted by Crippen LogP contribution is 1.93. The standard InChI is InChI=1S/C8H15NO3/c1-6(2)5-12-4-3-7(9)8(10)11/h7H,1,3-5,9H2,2H3,(H,10,11). The summed E-state index contributed by atoms with van der Waals surface area (Å²) in [6, 6.07) is -0.824. The third-order valence-electron chi connectivity index (χ3n) is 1.24. The molecule has 0 amide bonds. The highest BCUT2D eigenvalue weighted by molar-refractivity contribution is 5.72. The summed E-state index contributed by atoms with van der Waals surface area (Å²) in [5, 5.41) is 8.39. The summed E-state index contributed by atoms with van der Waals surface area (Å²) < 4.78 is 5.07. The molecule has 0 heterocycles. The van der Waals surface area contributed by atoms with E-state index in [-0.39, 0.29) is 0 Å². The zero-order valence-electron chi connectivity index (χ0n) is 7.25. The van der Waals surface area contributed by atoms with E-state index in [0.29, 0.717) is 19.6 Å². The van der Waals surface area contributed by atoms with E-state index >= 15 is 0 Å². The van der Waals surface area contributed by atoms with Crippen molar-refractivity contribution in [1.82, 2.24) is 0 Å². The van der Waals surface area contributed by atoms with E-state index in [1.807, 2.05) is 6.92 Å². The summed E-state index contributed by atoms with van der Waals surface area (Å²) in [4.78, 5) is 10.2. The fourth-order valence-electron chi connectivity index (χ4n) is 0.580. The first-order valence-corrected chi connectivity index (χ1v) is 3.74. The topological polar surface area (TPSA) is 72.5 Å². The number of hydrogen-bond donors (Lipinski definition) is 2. The smallest absolute Gasteiger partial charge is 0.320 e. The Hall–Kier alpha value is -0.870. The molecule has 1 atom stereocenters. The number of carbonyl (C=O) groups is 1. The SMILES string of the molecule is C=C(C)COCCC(N)C(=O)O. The Bertz CT molecular complexity index is 168. The van der Waals surface area contributed by atoms with Gasteiger partial charge in [0.25, 0.3) is 0 Å². The first-order valence-electron chi connectivity index (χ1n) is 3.74. The fourth-order valence-corrected chi connectivity index (χ4v) is 0.580. The van der Waals surface area contributed by atoms with Crippen molar-refractivity contribution in [3.8, 4) is 0 Å². The first-order chi connectivity index (χ1) is 5.54. The lowest BCUT2D eigenvalue weighted by molar-refractivity contribution is -0.139. The average molecular weight is 173 g/mol. The molecule has 4 heteroatoms. The fraction of sp³-hybridized carbons (Fsp3) is 0.625. The van der Waals surface area contributed by atoms with Crippen LogP contribution in [0.5, 0.6) is 0 Å². The Kier molecular flexibility index (Phi) is 5.32. The summed E-state index contributed by atoms with van der Waals surface area (Å²) in [7, 11) is 0. The van der Waals surface area contributed by atoms with Crippen molar-refractivity contribution >= 4 is 5.97 Å². The largest absolute Gasteiger partial charge is 0.480 e. The van der Waals surface area contributed by atoms with Crippen LogP contribution in [0.3, 0.4) is 0 Å². The van der Waals surface area contributed by atoms with Crippen molar-refractivity contribution in [2.24, 2.45) is 5.73 Å². The van der Waals surface area contributed by atoms with Crippen molar-refractivity contribution in [3.63, 3.8) is 0 Å². The molecule has 0 saturated carbocycles. The molecule has 0 saturated heterocycles. The van der Waals surface area contributed by atoms with Crippen LogP contribution in [0.25, 0.3) is 0 Å². The lowest BCUT2D eigenvalue weighted by Gasteiger charge is -2.06. The number of rotatable bonds is 6. The minimum absolute atomic E-state index is 0.336. The maximum atomic E-state index is 10.2. The molecule has 3 N–H and O–H groups in total. The Balaban J connectivity index is 3.31. The lowest BCUT2D eigenvalue weighted by atomic mass is 10.2. The van der Waals surface area contributed by atoms with Gasteiger partial charge in [0.15, 0.2) is 0 Å². The zero-order chi connectivity index (χ0) is 9.56. The maximum absolute atomic E-state index is 10.2. The Morgan fingerprint density at radius 1 is 1.75 bits per heavy atom. The van der Waals surface area contributed by atoms with Crippen LogP contribution in [0.1, 0.15) is 13.3 Å². The van der Waals surface area contributed by atoms with Crippen LogP contribution >= 0.6 is 0 Å². The molecule has 0 aliphatic carbocycles. The van der Waals surface area contributed by atoms with E-state index in [2.05, 4.69) is 6.58 Å². The van der Waals surface area contributed by atoms with Gasteiger partial charge in [-0.1, -0.05) is 12.2 Å². The van der Waals surface area contributed by atoms with Crippen molar-refractivity contribution in [2.75, 3.05) is 13.2 Å². The molecule has 0 spiro atoms. The molecule has 0 aromatic rings. The van der Waals surface area contributed by atoms with Crippen LogP contribution in [0.15, 0.2) is 12.2 Å². The summed E-state index contributed by atoms with van der Waals surface area (Å²) >= 11 is 0. The van der Waals surface area contributed by atoms with Crippen LogP contribution in [0, 0.1) is 0 Å². The van der Waals surface area contributed by atoms with Gasteiger partial charge in [0.2, 0.25) is 0 Å². The van der Waals surface area contributed by atoms with E-state index in [0.717, 1.165) is 5.57 Å². The highest BCUT2D eigenvalue weighted by atomic mass is 16.5. The number of carboxylic acid groups (broad SMARTS) is 1. The maximum Gasteiger partial charge on any atom is 0.320 e. The Labute approximate surface area is 72.0 Å². The Morgan fingerprint density at radius 2 is 2.33 bits per heavy atom. The minimum atomic E-state index is -0.992. The predicted octanol–water partition coefficient (Wildman–Crippen LogP) is 0.381. The molecule has 70 valence electrons. The van der Waals surface area contributed by atoms with E-state index in [4.69, 9.17) is 15.6 Å². The van der Waals surface area contributed by atoms with E-state index < -0.39 is 12.0 Å². The van der Waals surface area contributed by atoms with Gasteiger partial charge in [-0.15, -0.1) is 0 Å². The zero-order valence-corrected chi connectivity index (χ0v) is 7.25. The Morgan fingerprint density at radius 3 is 2.75 bits per heavy atom. The molecule has 0 aromatic heterocycles. The first kappa shape index (κ1) is 11.1. The van der Waals surface area contributed by atoms with Crippen molar-refractivity contribution in [3.05, 3.63) is 12.2 Å². The van der Waals surface area contributed by atoms with Gasteiger partial charge in [-0.3, -0.25) is 4.79 Å². The molecule has 1 unspecified atom stereocenters. The highest BCUT2D eigenvalue weighted by Gasteiger charge is 2.09. The second-order valence-electron chi connectivity index (χ2n) is 2.74. The molecule has 0 radical (unpaired) electrons. The molecule has 0 aliphatic heterocycles. The second-order valence-corrected chi connectivity index (χ2v) is 2.74.